The molecule has 114 heavy (non-hydrogen) atoms. The maximum Gasteiger partial charge on any atom is 0.490 e. The zero-order chi connectivity index (χ0) is 86.5. The number of ether oxygens (including phenoxy) is 3. The summed E-state index contributed by atoms with van der Waals surface area (Å²) in [6.07, 6.45) is 17.2. The van der Waals surface area contributed by atoms with E-state index in [9.17, 15) is 77.5 Å². The number of hydrogen-bond acceptors (Lipinski definition) is 31. The minimum Gasteiger partial charge on any atom is -0.481 e. The lowest BCUT2D eigenvalue weighted by atomic mass is 10.2. The van der Waals surface area contributed by atoms with Gasteiger partial charge in [0.05, 0.1) is 76.5 Å². The first-order valence-electron chi connectivity index (χ1n) is 35.0. The molecule has 3 fully saturated rings. The van der Waals surface area contributed by atoms with E-state index in [0.29, 0.717) is 45.0 Å². The molecule has 0 aliphatic carbocycles. The highest BCUT2D eigenvalue weighted by molar-refractivity contribution is 14.1. The van der Waals surface area contributed by atoms with Gasteiger partial charge in [0.15, 0.2) is 0 Å². The third-order valence-electron chi connectivity index (χ3n) is 15.4. The number of carboxylic acid groups (broad SMARTS) is 4. The van der Waals surface area contributed by atoms with Crippen molar-refractivity contribution in [2.75, 3.05) is 81.7 Å². The van der Waals surface area contributed by atoms with Crippen LogP contribution in [0, 0.1) is 75.6 Å². The summed E-state index contributed by atoms with van der Waals surface area (Å²) in [4.78, 5) is 125. The van der Waals surface area contributed by atoms with Crippen LogP contribution in [0.5, 0.6) is 0 Å². The molecule has 642 valence electrons. The molecule has 0 saturated carbocycles. The van der Waals surface area contributed by atoms with E-state index < -0.39 is 132 Å². The molecule has 6 heterocycles. The predicted octanol–water partition coefficient (Wildman–Crippen LogP) is 5.41. The highest BCUT2D eigenvalue weighted by Gasteiger charge is 2.44. The number of nitrogen functional groups attached to an aromatic ring is 3. The number of halogens is 2. The third kappa shape index (κ3) is 44.2. The van der Waals surface area contributed by atoms with Gasteiger partial charge in [-0.15, -0.1) is 24.7 Å². The molecule has 3 aliphatic rings. The lowest BCUT2D eigenvalue weighted by Gasteiger charge is -2.19. The van der Waals surface area contributed by atoms with E-state index in [4.69, 9.17) is 79.6 Å². The van der Waals surface area contributed by atoms with Gasteiger partial charge in [0.25, 0.3) is 0 Å². The monoisotopic (exact) mass is 1970 g/mol. The van der Waals surface area contributed by atoms with E-state index in [1.165, 1.54) is 56.8 Å². The standard InChI is InChI=1S/C19H30N3O15P3S.C19H27N3O6S.C10H16O2S.C9H12IN3O4.C6H9I.C4H8O2S/c1-12(18(24)25)11-41-7-5-3-2-4-6-13-9-22(19(26)21-17(13)20)16-8-14(23)15(35-16)10-34-39(30,31)37-40(32,33)36-38(27,28)29;1-12(18(25)26)11-29-7-5-3-2-4-6-13-9-22(19(27)21-17(13)20)16-8-14(24)15(10-23)28-16;1-3-4-5-6-7-13-8-9(2)10(11)12;10-4-2-13(9(16)12-8(4)11)7-1-5(15)6(3-14)17-7;1-2-3-4-5-6-7;1-3(2-7)4(5)6/h9,12,14-16,23H,2-3,5,7-8,10-11H2,1H3,(H,24,25)(H,30,31)(H,32,33)(H2,20,21,26)(H2,27,28,29);9,12,14-16,23-24H,2-3,5,7-8,10-11H2,1H3,(H,25,26)(H2,20,21,27);1,9H,4-8H2,2H3,(H,11,12);2,5-7,14-15H,1,3H2,(H2,11,12,16);1H,3-6H2;3,7H,2H2,1H3,(H,5,6)/t2*12?,14?,15-,16-;;5?,6-,7-;;/m11.1../s1. The Hall–Kier alpha value is -4.89. The molecule has 6 rings (SSSR count). The average Bonchev–Trinajstić information content (AvgIpc) is 1.62. The summed E-state index contributed by atoms with van der Waals surface area (Å²) in [6.45, 7) is 5.16. The second kappa shape index (κ2) is 57.3. The molecule has 19 N–H and O–H groups in total. The van der Waals surface area contributed by atoms with E-state index in [1.54, 1.807) is 51.2 Å². The zero-order valence-corrected chi connectivity index (χ0v) is 73.1. The quantitative estimate of drug-likeness (QED) is 0.00851. The molecule has 0 amide bonds. The number of aliphatic hydroxyl groups is 5. The number of alkyl halides is 1. The highest BCUT2D eigenvalue weighted by Crippen LogP contribution is 2.66. The first-order valence-corrected chi connectivity index (χ1v) is 46.2. The van der Waals surface area contributed by atoms with Crippen LogP contribution in [0.15, 0.2) is 33.0 Å². The molecule has 3 aromatic heterocycles. The Morgan fingerprint density at radius 1 is 0.561 bits per heavy atom. The summed E-state index contributed by atoms with van der Waals surface area (Å²) >= 11 is 12.9. The Morgan fingerprint density at radius 3 is 1.23 bits per heavy atom. The van der Waals surface area contributed by atoms with E-state index in [0.717, 1.165) is 73.2 Å². The van der Waals surface area contributed by atoms with Crippen molar-refractivity contribution >= 4 is 158 Å². The SMILES string of the molecule is C#CCCCCI.C#CCCCCSCC(C)C(=O)O.CC(CS)C(=O)O.CC(CSCCCCC#Cc1cn([C@H]2CC(O)[C@@H](CO)O2)c(=O)nc1N)C(=O)O.CC(CSCCCCC#Cc1cn([C@H]2CC(O)[C@@H](COP(=O)(O)OP(=O)(O)OP(=O)(O)O)O2)c(=O)nc1N)C(=O)O.Nc1nc(=O)n([C@H]2CC(O)[C@@H](CO)O2)cc1I. The molecule has 3 aromatic rings. The lowest BCUT2D eigenvalue weighted by Crippen LogP contribution is -2.29. The Kier molecular flexibility index (Phi) is 53.9. The number of aliphatic carboxylic acids is 4. The average molecular weight is 1970 g/mol. The Labute approximate surface area is 704 Å². The first-order chi connectivity index (χ1) is 53.5. The van der Waals surface area contributed by atoms with Crippen LogP contribution in [0.4, 0.5) is 17.5 Å². The van der Waals surface area contributed by atoms with Crippen LogP contribution < -0.4 is 34.3 Å². The highest BCUT2D eigenvalue weighted by atomic mass is 127. The Balaban J connectivity index is 0.000000767. The number of aliphatic hydroxyl groups excluding tert-OH is 5. The molecule has 9 unspecified atom stereocenters. The van der Waals surface area contributed by atoms with Crippen LogP contribution in [0.25, 0.3) is 0 Å². The zero-order valence-electron chi connectivity index (χ0n) is 62.8. The third-order valence-corrected chi connectivity index (χ3v) is 25.3. The van der Waals surface area contributed by atoms with Gasteiger partial charge in [-0.25, -0.2) is 28.1 Å². The van der Waals surface area contributed by atoms with Crippen LogP contribution in [0.1, 0.15) is 154 Å². The molecular formula is C67H102I2N9O29P3S4. The predicted molar refractivity (Wildman–Crippen MR) is 448 cm³/mol. The van der Waals surface area contributed by atoms with Gasteiger partial charge in [-0.05, 0) is 95.6 Å². The van der Waals surface area contributed by atoms with Crippen molar-refractivity contribution in [2.24, 2.45) is 23.7 Å². The summed E-state index contributed by atoms with van der Waals surface area (Å²) in [7, 11) is -16.7. The van der Waals surface area contributed by atoms with Crippen molar-refractivity contribution in [2.45, 2.75) is 179 Å². The van der Waals surface area contributed by atoms with Crippen LogP contribution >= 0.6 is 117 Å². The van der Waals surface area contributed by atoms with Crippen molar-refractivity contribution in [3.8, 4) is 48.4 Å². The number of phosphoric ester groups is 1. The van der Waals surface area contributed by atoms with Gasteiger partial charge in [0.1, 0.15) is 54.4 Å². The number of thiol groups is 1. The molecule has 38 nitrogen and oxygen atoms in total. The molecule has 47 heteroatoms. The number of anilines is 3. The Bertz CT molecular complexity index is 4060. The number of thioether (sulfide) groups is 3. The van der Waals surface area contributed by atoms with Crippen LogP contribution in [0.3, 0.4) is 0 Å². The van der Waals surface area contributed by atoms with Crippen molar-refractivity contribution in [3.63, 3.8) is 0 Å². The van der Waals surface area contributed by atoms with E-state index >= 15 is 0 Å². The number of hydrogen-bond donors (Lipinski definition) is 17. The van der Waals surface area contributed by atoms with Crippen LogP contribution in [-0.4, -0.2) is 219 Å². The van der Waals surface area contributed by atoms with Gasteiger partial charge < -0.3 is 96.9 Å². The summed E-state index contributed by atoms with van der Waals surface area (Å²) in [6, 6.07) is 0. The normalized spacial score (nSPS) is 20.7. The number of carbonyl (C=O) groups is 4. The number of phosphoric acid groups is 3. The summed E-state index contributed by atoms with van der Waals surface area (Å²) in [5.74, 6) is 17.3. The fraction of sp³-hybridized carbons (Fsp3) is 0.642. The second-order valence-electron chi connectivity index (χ2n) is 25.1. The van der Waals surface area contributed by atoms with Crippen molar-refractivity contribution in [3.05, 3.63) is 64.7 Å². The fourth-order valence-electron chi connectivity index (χ4n) is 8.81. The van der Waals surface area contributed by atoms with Gasteiger partial charge in [-0.2, -0.15) is 71.5 Å². The number of nitrogens with two attached hydrogens (primary N) is 3. The smallest absolute Gasteiger partial charge is 0.481 e. The first kappa shape index (κ1) is 107. The molecule has 0 bridgehead atoms. The van der Waals surface area contributed by atoms with E-state index in [-0.39, 0.29) is 73.2 Å². The molecule has 0 spiro atoms. The number of terminal acetylenes is 2. The molecular weight excluding hydrogens is 1870 g/mol. The number of carboxylic acids is 4. The van der Waals surface area contributed by atoms with Gasteiger partial charge in [-0.1, -0.05) is 74.0 Å². The minimum atomic E-state index is -5.72. The molecule has 0 aromatic carbocycles. The van der Waals surface area contributed by atoms with Gasteiger partial charge in [0.2, 0.25) is 0 Å². The number of unbranched alkanes of at least 4 members (excludes halogenated alkanes) is 8. The summed E-state index contributed by atoms with van der Waals surface area (Å²) in [5.41, 5.74) is 15.7. The van der Waals surface area contributed by atoms with Crippen molar-refractivity contribution in [1.29, 1.82) is 0 Å². The maximum atomic E-state index is 12.4. The van der Waals surface area contributed by atoms with E-state index in [1.807, 2.05) is 22.6 Å². The van der Waals surface area contributed by atoms with Gasteiger partial charge in [-0.3, -0.25) is 37.4 Å². The number of rotatable bonds is 38. The minimum absolute atomic E-state index is 0.0363. The topological polar surface area (TPSA) is 621 Å². The van der Waals surface area contributed by atoms with Gasteiger partial charge >= 0.3 is 64.4 Å². The van der Waals surface area contributed by atoms with Gasteiger partial charge in [0, 0.05) is 86.5 Å². The van der Waals surface area contributed by atoms with Crippen molar-refractivity contribution < 1.29 is 126 Å². The fourth-order valence-corrected chi connectivity index (χ4v) is 16.2. The lowest BCUT2D eigenvalue weighted by molar-refractivity contribution is -0.141. The summed E-state index contributed by atoms with van der Waals surface area (Å²) in [5, 5.41) is 82.3. The largest absolute Gasteiger partial charge is 0.490 e. The maximum absolute atomic E-state index is 12.4. The molecule has 3 saturated heterocycles. The molecule has 0 radical (unpaired) electrons. The van der Waals surface area contributed by atoms with Crippen molar-refractivity contribution in [1.82, 2.24) is 28.7 Å². The summed E-state index contributed by atoms with van der Waals surface area (Å²) < 4.78 is 67.5. The van der Waals surface area contributed by atoms with E-state index in [2.05, 4.69) is 98.8 Å². The van der Waals surface area contributed by atoms with Crippen LogP contribution in [-0.2, 0) is 60.2 Å². The Morgan fingerprint density at radius 2 is 0.904 bits per heavy atom. The molecule has 15 atom stereocenters. The number of nitrogens with zero attached hydrogens (tertiary/aromatic N) is 6. The second-order valence-corrected chi connectivity index (χ2v) is 35.5. The number of aromatic nitrogens is 6. The van der Waals surface area contributed by atoms with Crippen LogP contribution in [0.2, 0.25) is 0 Å². The molecule has 3 aliphatic heterocycles.